The molecule has 6 nitrogen and oxygen atoms in total. The Morgan fingerprint density at radius 2 is 1.96 bits per heavy atom. The molecule has 128 valence electrons. The molecule has 7 heteroatoms. The summed E-state index contributed by atoms with van der Waals surface area (Å²) >= 11 is 5.84. The highest BCUT2D eigenvalue weighted by Gasteiger charge is 2.29. The fraction of sp³-hybridized carbons (Fsp3) is 0.353. The van der Waals surface area contributed by atoms with Gasteiger partial charge in [0.2, 0.25) is 0 Å². The largest absolute Gasteiger partial charge is 0.478 e. The highest BCUT2D eigenvalue weighted by Crippen LogP contribution is 2.21. The minimum absolute atomic E-state index is 0.354. The van der Waals surface area contributed by atoms with Crippen molar-refractivity contribution >= 4 is 23.7 Å². The molecule has 0 saturated heterocycles. The first-order valence-electron chi connectivity index (χ1n) is 7.49. The third-order valence-corrected chi connectivity index (χ3v) is 3.91. The fourth-order valence-corrected chi connectivity index (χ4v) is 2.24. The second kappa shape index (κ2) is 7.05. The van der Waals surface area contributed by atoms with Crippen LogP contribution in [0.3, 0.4) is 0 Å². The number of nitrogens with zero attached hydrogens (tertiary/aromatic N) is 3. The van der Waals surface area contributed by atoms with Gasteiger partial charge in [0, 0.05) is 23.3 Å². The number of amides is 1. The van der Waals surface area contributed by atoms with E-state index in [9.17, 15) is 4.79 Å². The predicted molar refractivity (Wildman–Crippen MR) is 94.6 cm³/mol. The third kappa shape index (κ3) is 4.14. The van der Waals surface area contributed by atoms with Crippen LogP contribution in [0.25, 0.3) is 0 Å². The lowest BCUT2D eigenvalue weighted by atomic mass is 10.1. The fourth-order valence-electron chi connectivity index (χ4n) is 2.11. The highest BCUT2D eigenvalue weighted by molar-refractivity contribution is 6.30. The number of hydrogen-bond donors (Lipinski definition) is 1. The van der Waals surface area contributed by atoms with Crippen LogP contribution in [0, 0.1) is 13.8 Å². The van der Waals surface area contributed by atoms with Gasteiger partial charge in [-0.1, -0.05) is 11.6 Å². The van der Waals surface area contributed by atoms with E-state index in [0.29, 0.717) is 10.8 Å². The molecular weight excluding hydrogens is 328 g/mol. The van der Waals surface area contributed by atoms with Crippen LogP contribution in [0.1, 0.15) is 30.8 Å². The van der Waals surface area contributed by atoms with Gasteiger partial charge in [-0.15, -0.1) is 0 Å². The molecule has 0 aliphatic rings. The molecule has 0 aliphatic heterocycles. The molecule has 0 unspecified atom stereocenters. The molecule has 0 fully saturated rings. The van der Waals surface area contributed by atoms with E-state index in [0.717, 1.165) is 17.0 Å². The van der Waals surface area contributed by atoms with E-state index >= 15 is 0 Å². The van der Waals surface area contributed by atoms with Gasteiger partial charge >= 0.3 is 0 Å². The van der Waals surface area contributed by atoms with Crippen molar-refractivity contribution in [2.24, 2.45) is 12.1 Å². The van der Waals surface area contributed by atoms with Crippen LogP contribution in [0.5, 0.6) is 5.75 Å². The van der Waals surface area contributed by atoms with Crippen LogP contribution in [0.15, 0.2) is 29.4 Å². The maximum Gasteiger partial charge on any atom is 0.283 e. The molecule has 0 aliphatic carbocycles. The Morgan fingerprint density at radius 1 is 1.33 bits per heavy atom. The Bertz CT molecular complexity index is 764. The highest BCUT2D eigenvalue weighted by atomic mass is 35.5. The molecule has 0 radical (unpaired) electrons. The van der Waals surface area contributed by atoms with Gasteiger partial charge in [0.1, 0.15) is 5.75 Å². The Morgan fingerprint density at radius 3 is 2.50 bits per heavy atom. The molecule has 0 bridgehead atoms. The van der Waals surface area contributed by atoms with Crippen molar-refractivity contribution in [2.45, 2.75) is 33.3 Å². The third-order valence-electron chi connectivity index (χ3n) is 3.66. The summed E-state index contributed by atoms with van der Waals surface area (Å²) in [5, 5.41) is 8.92. The van der Waals surface area contributed by atoms with Gasteiger partial charge in [0.15, 0.2) is 5.60 Å². The van der Waals surface area contributed by atoms with E-state index in [4.69, 9.17) is 16.3 Å². The van der Waals surface area contributed by atoms with Crippen LogP contribution >= 0.6 is 11.6 Å². The van der Waals surface area contributed by atoms with E-state index < -0.39 is 5.60 Å². The summed E-state index contributed by atoms with van der Waals surface area (Å²) in [6.07, 6.45) is 1.59. The van der Waals surface area contributed by atoms with E-state index in [1.165, 1.54) is 0 Å². The SMILES string of the molecule is Cc1nn(C)c(C)c1/C=N\NC(=O)C(C)(C)Oc1ccc(Cl)cc1. The molecule has 1 heterocycles. The molecule has 2 rings (SSSR count). The Balaban J connectivity index is 2.02. The van der Waals surface area contributed by atoms with Gasteiger partial charge in [0.25, 0.3) is 5.91 Å². The minimum atomic E-state index is -1.08. The normalized spacial score (nSPS) is 11.8. The van der Waals surface area contributed by atoms with Crippen molar-refractivity contribution in [2.75, 3.05) is 0 Å². The van der Waals surface area contributed by atoms with Crippen molar-refractivity contribution < 1.29 is 9.53 Å². The quantitative estimate of drug-likeness (QED) is 0.667. The van der Waals surface area contributed by atoms with E-state index in [2.05, 4.69) is 15.6 Å². The zero-order chi connectivity index (χ0) is 17.9. The standard InChI is InChI=1S/C17H21ClN4O2/c1-11-15(12(2)22(5)21-11)10-19-20-16(23)17(3,4)24-14-8-6-13(18)7-9-14/h6-10H,1-5H3,(H,20,23)/b19-10-. The summed E-state index contributed by atoms with van der Waals surface area (Å²) in [6.45, 7) is 7.18. The zero-order valence-electron chi connectivity index (χ0n) is 14.4. The number of ether oxygens (including phenoxy) is 1. The summed E-state index contributed by atoms with van der Waals surface area (Å²) in [5.41, 5.74) is 4.14. The number of benzene rings is 1. The lowest BCUT2D eigenvalue weighted by molar-refractivity contribution is -0.134. The van der Waals surface area contributed by atoms with E-state index in [1.807, 2.05) is 20.9 Å². The number of hydrazone groups is 1. The van der Waals surface area contributed by atoms with Crippen LogP contribution < -0.4 is 10.2 Å². The van der Waals surface area contributed by atoms with Gasteiger partial charge in [-0.25, -0.2) is 5.43 Å². The number of rotatable bonds is 5. The van der Waals surface area contributed by atoms with Gasteiger partial charge in [-0.05, 0) is 52.0 Å². The average Bonchev–Trinajstić information content (AvgIpc) is 2.75. The second-order valence-corrected chi connectivity index (χ2v) is 6.41. The monoisotopic (exact) mass is 348 g/mol. The van der Waals surface area contributed by atoms with Gasteiger partial charge in [-0.2, -0.15) is 10.2 Å². The summed E-state index contributed by atoms with van der Waals surface area (Å²) in [6, 6.07) is 6.83. The first-order chi connectivity index (χ1) is 11.2. The van der Waals surface area contributed by atoms with Gasteiger partial charge in [-0.3, -0.25) is 9.48 Å². The number of carbonyl (C=O) groups is 1. The van der Waals surface area contributed by atoms with Crippen molar-refractivity contribution in [3.8, 4) is 5.75 Å². The number of nitrogens with one attached hydrogen (secondary N) is 1. The van der Waals surface area contributed by atoms with Crippen molar-refractivity contribution in [1.82, 2.24) is 15.2 Å². The number of aryl methyl sites for hydroxylation is 2. The number of aromatic nitrogens is 2. The summed E-state index contributed by atoms with van der Waals surface area (Å²) in [5.74, 6) is 0.204. The van der Waals surface area contributed by atoms with E-state index in [-0.39, 0.29) is 5.91 Å². The lowest BCUT2D eigenvalue weighted by Gasteiger charge is -2.24. The summed E-state index contributed by atoms with van der Waals surface area (Å²) < 4.78 is 7.48. The minimum Gasteiger partial charge on any atom is -0.478 e. The molecule has 2 aromatic rings. The summed E-state index contributed by atoms with van der Waals surface area (Å²) in [4.78, 5) is 12.3. The van der Waals surface area contributed by atoms with Gasteiger partial charge < -0.3 is 4.74 Å². The molecule has 0 saturated carbocycles. The maximum atomic E-state index is 12.3. The van der Waals surface area contributed by atoms with Crippen molar-refractivity contribution in [3.63, 3.8) is 0 Å². The molecule has 1 amide bonds. The predicted octanol–water partition coefficient (Wildman–Crippen LogP) is 3.00. The number of halogens is 1. The van der Waals surface area contributed by atoms with Crippen LogP contribution in [-0.4, -0.2) is 27.5 Å². The Kier molecular flexibility index (Phi) is 5.29. The molecule has 0 atom stereocenters. The molecule has 1 aromatic carbocycles. The van der Waals surface area contributed by atoms with Crippen LogP contribution in [0.2, 0.25) is 5.02 Å². The Labute approximate surface area is 146 Å². The molecule has 1 N–H and O–H groups in total. The Hall–Kier alpha value is -2.34. The molecular formula is C17H21ClN4O2. The average molecular weight is 349 g/mol. The number of carbonyl (C=O) groups excluding carboxylic acids is 1. The van der Waals surface area contributed by atoms with Crippen LogP contribution in [-0.2, 0) is 11.8 Å². The van der Waals surface area contributed by atoms with Crippen LogP contribution in [0.4, 0.5) is 0 Å². The maximum absolute atomic E-state index is 12.3. The first-order valence-corrected chi connectivity index (χ1v) is 7.87. The second-order valence-electron chi connectivity index (χ2n) is 5.97. The van der Waals surface area contributed by atoms with E-state index in [1.54, 1.807) is 49.0 Å². The van der Waals surface area contributed by atoms with Crippen molar-refractivity contribution in [3.05, 3.63) is 46.2 Å². The van der Waals surface area contributed by atoms with Gasteiger partial charge in [0.05, 0.1) is 11.9 Å². The summed E-state index contributed by atoms with van der Waals surface area (Å²) in [7, 11) is 1.86. The lowest BCUT2D eigenvalue weighted by Crippen LogP contribution is -2.44. The molecule has 0 spiro atoms. The van der Waals surface area contributed by atoms with Crippen molar-refractivity contribution in [1.29, 1.82) is 0 Å². The number of hydrogen-bond acceptors (Lipinski definition) is 4. The topological polar surface area (TPSA) is 68.5 Å². The molecule has 24 heavy (non-hydrogen) atoms. The molecule has 1 aromatic heterocycles. The first kappa shape index (κ1) is 18.0. The zero-order valence-corrected chi connectivity index (χ0v) is 15.2. The smallest absolute Gasteiger partial charge is 0.283 e.